The second kappa shape index (κ2) is 4.74. The number of unbranched alkanes of at least 4 members (excludes halogenated alkanes) is 1. The van der Waals surface area contributed by atoms with Crippen LogP contribution in [-0.4, -0.2) is 26.9 Å². The number of ether oxygens (including phenoxy) is 1. The Morgan fingerprint density at radius 1 is 1.38 bits per heavy atom. The summed E-state index contributed by atoms with van der Waals surface area (Å²) < 4.78 is 5.47. The first-order valence-electron chi connectivity index (χ1n) is 5.25. The maximum atomic E-state index is 9.31. The number of nitrogens with zero attached hydrogens (tertiary/aromatic N) is 3. The van der Waals surface area contributed by atoms with Crippen molar-refractivity contribution >= 4 is 10.9 Å². The largest absolute Gasteiger partial charge is 0.493 e. The number of aromatic nitrogens is 3. The Morgan fingerprint density at radius 3 is 3.06 bits per heavy atom. The van der Waals surface area contributed by atoms with Crippen molar-refractivity contribution in [2.75, 3.05) is 6.61 Å². The van der Waals surface area contributed by atoms with Crippen molar-refractivity contribution in [3.05, 3.63) is 18.3 Å². The predicted molar refractivity (Wildman–Crippen MR) is 59.4 cm³/mol. The Kier molecular flexibility index (Phi) is 3.14. The first kappa shape index (κ1) is 10.6. The van der Waals surface area contributed by atoms with Crippen molar-refractivity contribution in [1.82, 2.24) is 15.2 Å². The first-order valence-corrected chi connectivity index (χ1v) is 5.25. The molecule has 0 saturated carbocycles. The summed E-state index contributed by atoms with van der Waals surface area (Å²) in [5, 5.41) is 17.8. The number of rotatable bonds is 4. The lowest BCUT2D eigenvalue weighted by atomic mass is 10.3. The summed E-state index contributed by atoms with van der Waals surface area (Å²) in [5.41, 5.74) is 0.547. The van der Waals surface area contributed by atoms with E-state index in [-0.39, 0.29) is 5.88 Å². The zero-order valence-electron chi connectivity index (χ0n) is 9.05. The van der Waals surface area contributed by atoms with E-state index in [1.807, 2.05) is 0 Å². The lowest BCUT2D eigenvalue weighted by Crippen LogP contribution is -2.01. The molecule has 16 heavy (non-hydrogen) atoms. The topological polar surface area (TPSA) is 68.1 Å². The third kappa shape index (κ3) is 2.18. The van der Waals surface area contributed by atoms with Crippen LogP contribution in [0.5, 0.6) is 11.8 Å². The molecule has 0 spiro atoms. The third-order valence-electron chi connectivity index (χ3n) is 2.20. The van der Waals surface area contributed by atoms with Crippen LogP contribution in [0.4, 0.5) is 0 Å². The summed E-state index contributed by atoms with van der Waals surface area (Å²) in [6.45, 7) is 2.67. The standard InChI is InChI=1S/C11H13N3O2/c1-2-3-6-16-11-10-8(7-12-14-11)4-5-9(15)13-10/h4-5,7H,2-3,6H2,1H3,(H,13,15). The molecule has 0 amide bonds. The van der Waals surface area contributed by atoms with Crippen molar-refractivity contribution in [2.45, 2.75) is 19.8 Å². The molecule has 1 N–H and O–H groups in total. The maximum absolute atomic E-state index is 9.31. The Balaban J connectivity index is 2.32. The van der Waals surface area contributed by atoms with Crippen LogP contribution in [0.1, 0.15) is 19.8 Å². The maximum Gasteiger partial charge on any atom is 0.260 e. The number of fused-ring (bicyclic) bond motifs is 1. The number of aromatic hydroxyl groups is 1. The van der Waals surface area contributed by atoms with Gasteiger partial charge in [0.1, 0.15) is 5.52 Å². The average Bonchev–Trinajstić information content (AvgIpc) is 2.30. The van der Waals surface area contributed by atoms with Gasteiger partial charge in [0.2, 0.25) is 5.88 Å². The van der Waals surface area contributed by atoms with Crippen molar-refractivity contribution < 1.29 is 9.84 Å². The van der Waals surface area contributed by atoms with E-state index in [9.17, 15) is 5.11 Å². The van der Waals surface area contributed by atoms with Crippen molar-refractivity contribution in [3.8, 4) is 11.8 Å². The number of hydrogen-bond acceptors (Lipinski definition) is 5. The van der Waals surface area contributed by atoms with Gasteiger partial charge in [0.25, 0.3) is 5.88 Å². The summed E-state index contributed by atoms with van der Waals surface area (Å²) in [6, 6.07) is 3.25. The third-order valence-corrected chi connectivity index (χ3v) is 2.20. The summed E-state index contributed by atoms with van der Waals surface area (Å²) in [4.78, 5) is 3.98. The van der Waals surface area contributed by atoms with Gasteiger partial charge in [0.05, 0.1) is 12.8 Å². The van der Waals surface area contributed by atoms with Gasteiger partial charge in [-0.25, -0.2) is 4.98 Å². The highest BCUT2D eigenvalue weighted by molar-refractivity contribution is 5.82. The van der Waals surface area contributed by atoms with Gasteiger partial charge >= 0.3 is 0 Å². The predicted octanol–water partition coefficient (Wildman–Crippen LogP) is 1.91. The molecule has 0 aromatic carbocycles. The van der Waals surface area contributed by atoms with Crippen LogP contribution in [0.25, 0.3) is 10.9 Å². The molecule has 2 rings (SSSR count). The number of pyridine rings is 1. The monoisotopic (exact) mass is 219 g/mol. The van der Waals surface area contributed by atoms with Gasteiger partial charge in [-0.05, 0) is 12.5 Å². The summed E-state index contributed by atoms with van der Waals surface area (Å²) in [5.74, 6) is 0.336. The highest BCUT2D eigenvalue weighted by Crippen LogP contribution is 2.22. The first-order chi connectivity index (χ1) is 7.81. The van der Waals surface area contributed by atoms with Crippen LogP contribution < -0.4 is 4.74 Å². The lowest BCUT2D eigenvalue weighted by molar-refractivity contribution is 0.297. The van der Waals surface area contributed by atoms with Gasteiger partial charge in [-0.1, -0.05) is 13.3 Å². The highest BCUT2D eigenvalue weighted by atomic mass is 16.5. The lowest BCUT2D eigenvalue weighted by Gasteiger charge is -2.05. The minimum absolute atomic E-state index is 0.0409. The van der Waals surface area contributed by atoms with Gasteiger partial charge in [0.15, 0.2) is 0 Å². The molecule has 0 aliphatic heterocycles. The van der Waals surface area contributed by atoms with Gasteiger partial charge in [0, 0.05) is 11.5 Å². The Labute approximate surface area is 93.1 Å². The molecule has 2 aromatic rings. The fourth-order valence-corrected chi connectivity index (χ4v) is 1.34. The van der Waals surface area contributed by atoms with E-state index < -0.39 is 0 Å². The van der Waals surface area contributed by atoms with Crippen LogP contribution >= 0.6 is 0 Å². The van der Waals surface area contributed by atoms with E-state index in [0.717, 1.165) is 18.2 Å². The van der Waals surface area contributed by atoms with E-state index in [1.54, 1.807) is 12.3 Å². The molecule has 0 radical (unpaired) electrons. The molecular formula is C11H13N3O2. The molecule has 2 aromatic heterocycles. The average molecular weight is 219 g/mol. The Morgan fingerprint density at radius 2 is 2.25 bits per heavy atom. The Bertz CT molecular complexity index is 488. The molecular weight excluding hydrogens is 206 g/mol. The van der Waals surface area contributed by atoms with Crippen molar-refractivity contribution in [3.63, 3.8) is 0 Å². The normalized spacial score (nSPS) is 10.6. The second-order valence-electron chi connectivity index (χ2n) is 3.46. The second-order valence-corrected chi connectivity index (χ2v) is 3.46. The SMILES string of the molecule is CCCCOc1nncc2ccc(O)nc12. The van der Waals surface area contributed by atoms with Gasteiger partial charge in [-0.15, -0.1) is 5.10 Å². The van der Waals surface area contributed by atoms with E-state index >= 15 is 0 Å². The van der Waals surface area contributed by atoms with Crippen LogP contribution in [0, 0.1) is 0 Å². The van der Waals surface area contributed by atoms with Crippen LogP contribution in [0.15, 0.2) is 18.3 Å². The molecule has 5 heteroatoms. The van der Waals surface area contributed by atoms with Crippen molar-refractivity contribution in [1.29, 1.82) is 0 Å². The summed E-state index contributed by atoms with van der Waals surface area (Å²) in [7, 11) is 0. The van der Waals surface area contributed by atoms with E-state index in [0.29, 0.717) is 18.0 Å². The fraction of sp³-hybridized carbons (Fsp3) is 0.364. The minimum atomic E-state index is -0.0409. The van der Waals surface area contributed by atoms with Gasteiger partial charge in [-0.3, -0.25) is 0 Å². The zero-order chi connectivity index (χ0) is 11.4. The molecule has 2 heterocycles. The molecule has 0 aliphatic rings. The smallest absolute Gasteiger partial charge is 0.260 e. The van der Waals surface area contributed by atoms with Crippen LogP contribution in [0.3, 0.4) is 0 Å². The van der Waals surface area contributed by atoms with Gasteiger partial charge < -0.3 is 9.84 Å². The molecule has 84 valence electrons. The van der Waals surface area contributed by atoms with E-state index in [2.05, 4.69) is 22.1 Å². The molecule has 5 nitrogen and oxygen atoms in total. The zero-order valence-corrected chi connectivity index (χ0v) is 9.05. The summed E-state index contributed by atoms with van der Waals surface area (Å²) >= 11 is 0. The van der Waals surface area contributed by atoms with Crippen molar-refractivity contribution in [2.24, 2.45) is 0 Å². The van der Waals surface area contributed by atoms with E-state index in [4.69, 9.17) is 4.74 Å². The quantitative estimate of drug-likeness (QED) is 0.795. The van der Waals surface area contributed by atoms with Gasteiger partial charge in [-0.2, -0.15) is 5.10 Å². The fourth-order valence-electron chi connectivity index (χ4n) is 1.34. The van der Waals surface area contributed by atoms with Crippen LogP contribution in [-0.2, 0) is 0 Å². The van der Waals surface area contributed by atoms with Crippen LogP contribution in [0.2, 0.25) is 0 Å². The van der Waals surface area contributed by atoms with E-state index in [1.165, 1.54) is 6.07 Å². The Hall–Kier alpha value is -1.91. The molecule has 0 unspecified atom stereocenters. The summed E-state index contributed by atoms with van der Waals surface area (Å²) in [6.07, 6.45) is 3.60. The highest BCUT2D eigenvalue weighted by Gasteiger charge is 2.06. The molecule has 0 saturated heterocycles. The molecule has 0 fully saturated rings. The minimum Gasteiger partial charge on any atom is -0.493 e. The molecule has 0 aliphatic carbocycles. The molecule has 0 atom stereocenters. The number of hydrogen-bond donors (Lipinski definition) is 1. The molecule has 0 bridgehead atoms.